The van der Waals surface area contributed by atoms with Gasteiger partial charge in [0.15, 0.2) is 0 Å². The van der Waals surface area contributed by atoms with Crippen LogP contribution in [0.2, 0.25) is 5.02 Å². The summed E-state index contributed by atoms with van der Waals surface area (Å²) < 4.78 is 27.4. The first-order valence-corrected chi connectivity index (χ1v) is 9.12. The van der Waals surface area contributed by atoms with E-state index in [1.54, 1.807) is 4.90 Å². The average Bonchev–Trinajstić information content (AvgIpc) is 2.85. The maximum atomic E-state index is 14.0. The third-order valence-corrected chi connectivity index (χ3v) is 5.63. The molecule has 3 rings (SSSR count). The summed E-state index contributed by atoms with van der Waals surface area (Å²) >= 11 is 7.27. The van der Waals surface area contributed by atoms with Crippen molar-refractivity contribution in [2.75, 3.05) is 18.8 Å². The topological polar surface area (TPSA) is 53.2 Å². The predicted octanol–water partition coefficient (Wildman–Crippen LogP) is 3.63. The maximum absolute atomic E-state index is 14.0. The highest BCUT2D eigenvalue weighted by molar-refractivity contribution is 7.99. The van der Waals surface area contributed by atoms with Gasteiger partial charge in [0, 0.05) is 35.9 Å². The Kier molecular flexibility index (Phi) is 5.44. The van der Waals surface area contributed by atoms with E-state index in [-0.39, 0.29) is 16.2 Å². The maximum Gasteiger partial charge on any atom is 0.266 e. The summed E-state index contributed by atoms with van der Waals surface area (Å²) in [5.74, 6) is -0.564. The van der Waals surface area contributed by atoms with Crippen LogP contribution in [0.4, 0.5) is 8.78 Å². The predicted molar refractivity (Wildman–Crippen MR) is 94.2 cm³/mol. The molecule has 1 aromatic carbocycles. The van der Waals surface area contributed by atoms with Crippen LogP contribution in [0.1, 0.15) is 27.6 Å². The van der Waals surface area contributed by atoms with Crippen molar-refractivity contribution >= 4 is 29.3 Å². The Morgan fingerprint density at radius 1 is 1.28 bits per heavy atom. The molecule has 1 fully saturated rings. The zero-order valence-electron chi connectivity index (χ0n) is 13.1. The van der Waals surface area contributed by atoms with Crippen LogP contribution in [-0.4, -0.2) is 34.6 Å². The van der Waals surface area contributed by atoms with Crippen LogP contribution in [-0.2, 0) is 0 Å². The summed E-state index contributed by atoms with van der Waals surface area (Å²) in [5, 5.41) is -0.262. The quantitative estimate of drug-likeness (QED) is 0.860. The van der Waals surface area contributed by atoms with E-state index in [1.165, 1.54) is 30.1 Å². The molecular formula is C17H15ClF2N2O2S. The molecule has 1 aromatic heterocycles. The van der Waals surface area contributed by atoms with Gasteiger partial charge in [-0.15, -0.1) is 0 Å². The molecular weight excluding hydrogens is 370 g/mol. The molecule has 1 aliphatic heterocycles. The zero-order valence-corrected chi connectivity index (χ0v) is 14.7. The van der Waals surface area contributed by atoms with E-state index < -0.39 is 17.2 Å². The van der Waals surface area contributed by atoms with Crippen molar-refractivity contribution in [2.45, 2.75) is 11.7 Å². The molecule has 0 aliphatic carbocycles. The third-order valence-electron chi connectivity index (χ3n) is 4.04. The van der Waals surface area contributed by atoms with Gasteiger partial charge in [0.25, 0.3) is 11.5 Å². The number of hydrogen-bond donors (Lipinski definition) is 1. The summed E-state index contributed by atoms with van der Waals surface area (Å²) in [7, 11) is 0. The molecule has 0 radical (unpaired) electrons. The highest BCUT2D eigenvalue weighted by atomic mass is 35.5. The number of aromatic nitrogens is 1. The second-order valence-corrected chi connectivity index (χ2v) is 7.39. The molecule has 0 unspecified atom stereocenters. The fraction of sp³-hybridized carbons (Fsp3) is 0.294. The van der Waals surface area contributed by atoms with Crippen LogP contribution in [0.5, 0.6) is 0 Å². The summed E-state index contributed by atoms with van der Waals surface area (Å²) in [5.41, 5.74) is 0.169. The fourth-order valence-electron chi connectivity index (χ4n) is 2.75. The van der Waals surface area contributed by atoms with E-state index in [9.17, 15) is 18.4 Å². The number of hydrogen-bond acceptors (Lipinski definition) is 3. The first-order valence-electron chi connectivity index (χ1n) is 7.70. The van der Waals surface area contributed by atoms with Crippen LogP contribution < -0.4 is 5.56 Å². The number of amides is 1. The van der Waals surface area contributed by atoms with Crippen LogP contribution in [0.25, 0.3) is 0 Å². The van der Waals surface area contributed by atoms with Crippen molar-refractivity contribution in [3.8, 4) is 0 Å². The molecule has 1 N–H and O–H groups in total. The van der Waals surface area contributed by atoms with Crippen molar-refractivity contribution in [1.29, 1.82) is 0 Å². The number of thioether (sulfide) groups is 1. The first-order chi connectivity index (χ1) is 12.0. The lowest BCUT2D eigenvalue weighted by molar-refractivity contribution is 0.0766. The SMILES string of the molecule is O=C(c1c[nH]c(=O)c(Cl)c1)N1CCS[C@@H](c2cc(F)ccc2F)CC1. The molecule has 1 aliphatic rings. The Hall–Kier alpha value is -1.86. The minimum Gasteiger partial charge on any atom is -0.338 e. The van der Waals surface area contributed by atoms with E-state index >= 15 is 0 Å². The van der Waals surface area contributed by atoms with Crippen molar-refractivity contribution in [2.24, 2.45) is 0 Å². The van der Waals surface area contributed by atoms with E-state index in [2.05, 4.69) is 4.98 Å². The van der Waals surface area contributed by atoms with Gasteiger partial charge in [-0.25, -0.2) is 8.78 Å². The van der Waals surface area contributed by atoms with Crippen molar-refractivity contribution in [1.82, 2.24) is 9.88 Å². The second kappa shape index (κ2) is 7.58. The van der Waals surface area contributed by atoms with Gasteiger partial charge in [0.05, 0.1) is 5.56 Å². The van der Waals surface area contributed by atoms with Gasteiger partial charge >= 0.3 is 0 Å². The minimum atomic E-state index is -0.475. The van der Waals surface area contributed by atoms with Gasteiger partial charge in [-0.1, -0.05) is 11.6 Å². The number of nitrogens with zero attached hydrogens (tertiary/aromatic N) is 1. The molecule has 0 bridgehead atoms. The summed E-state index contributed by atoms with van der Waals surface area (Å²) in [6, 6.07) is 4.77. The molecule has 2 aromatic rings. The van der Waals surface area contributed by atoms with Crippen LogP contribution in [0.15, 0.2) is 35.3 Å². The fourth-order valence-corrected chi connectivity index (χ4v) is 4.16. The number of nitrogens with one attached hydrogen (secondary N) is 1. The Morgan fingerprint density at radius 2 is 2.08 bits per heavy atom. The van der Waals surface area contributed by atoms with Crippen molar-refractivity contribution in [3.63, 3.8) is 0 Å². The Balaban J connectivity index is 1.75. The number of benzene rings is 1. The summed E-state index contributed by atoms with van der Waals surface area (Å²) in [6.07, 6.45) is 1.84. The molecule has 1 saturated heterocycles. The van der Waals surface area contributed by atoms with E-state index in [0.717, 1.165) is 12.1 Å². The van der Waals surface area contributed by atoms with Crippen molar-refractivity contribution in [3.05, 3.63) is 68.6 Å². The smallest absolute Gasteiger partial charge is 0.266 e. The largest absolute Gasteiger partial charge is 0.338 e. The molecule has 2 heterocycles. The first kappa shape index (κ1) is 17.9. The molecule has 0 saturated carbocycles. The number of carbonyl (C=O) groups is 1. The highest BCUT2D eigenvalue weighted by Gasteiger charge is 2.25. The number of halogens is 3. The number of H-pyrrole nitrogens is 1. The van der Waals surface area contributed by atoms with E-state index in [4.69, 9.17) is 11.6 Å². The average molecular weight is 385 g/mol. The molecule has 4 nitrogen and oxygen atoms in total. The van der Waals surface area contributed by atoms with Gasteiger partial charge in [0.2, 0.25) is 0 Å². The van der Waals surface area contributed by atoms with E-state index in [1.807, 2.05) is 0 Å². The van der Waals surface area contributed by atoms with E-state index in [0.29, 0.717) is 36.4 Å². The lowest BCUT2D eigenvalue weighted by atomic mass is 10.1. The van der Waals surface area contributed by atoms with Crippen LogP contribution in [0, 0.1) is 11.6 Å². The molecule has 8 heteroatoms. The standard InChI is InChI=1S/C17H15ClF2N2O2S/c18-13-7-10(9-21-16(13)23)17(24)22-4-3-15(25-6-5-22)12-8-11(19)1-2-14(12)20/h1-2,7-9,15H,3-6H2,(H,21,23)/t15-/m1/s1. The second-order valence-electron chi connectivity index (χ2n) is 5.67. The number of rotatable bonds is 2. The highest BCUT2D eigenvalue weighted by Crippen LogP contribution is 2.36. The Morgan fingerprint density at radius 3 is 2.84 bits per heavy atom. The number of pyridine rings is 1. The van der Waals surface area contributed by atoms with Gasteiger partial charge in [-0.05, 0) is 30.7 Å². The number of carbonyl (C=O) groups excluding carboxylic acids is 1. The van der Waals surface area contributed by atoms with Crippen molar-refractivity contribution < 1.29 is 13.6 Å². The van der Waals surface area contributed by atoms with Gasteiger partial charge in [0.1, 0.15) is 16.7 Å². The summed E-state index contributed by atoms with van der Waals surface area (Å²) in [6.45, 7) is 0.886. The number of aromatic amines is 1. The molecule has 1 atom stereocenters. The zero-order chi connectivity index (χ0) is 18.0. The summed E-state index contributed by atoms with van der Waals surface area (Å²) in [4.78, 5) is 27.9. The molecule has 0 spiro atoms. The van der Waals surface area contributed by atoms with Gasteiger partial charge < -0.3 is 9.88 Å². The van der Waals surface area contributed by atoms with Crippen LogP contribution in [0.3, 0.4) is 0 Å². The van der Waals surface area contributed by atoms with Gasteiger partial charge in [-0.2, -0.15) is 11.8 Å². The monoisotopic (exact) mass is 384 g/mol. The normalized spacial score (nSPS) is 18.0. The third kappa shape index (κ3) is 4.04. The molecule has 1 amide bonds. The molecule has 132 valence electrons. The lowest BCUT2D eigenvalue weighted by Crippen LogP contribution is -2.33. The van der Waals surface area contributed by atoms with Crippen LogP contribution >= 0.6 is 23.4 Å². The minimum absolute atomic E-state index is 0.0465. The Bertz CT molecular complexity index is 859. The molecule has 25 heavy (non-hydrogen) atoms. The Labute approximate surface area is 152 Å². The van der Waals surface area contributed by atoms with Gasteiger partial charge in [-0.3, -0.25) is 9.59 Å². The lowest BCUT2D eigenvalue weighted by Gasteiger charge is -2.20.